The number of aryl methyl sites for hydroxylation is 1. The summed E-state index contributed by atoms with van der Waals surface area (Å²) in [7, 11) is 0. The van der Waals surface area contributed by atoms with Crippen molar-refractivity contribution in [1.29, 1.82) is 0 Å². The first-order chi connectivity index (χ1) is 12.2. The summed E-state index contributed by atoms with van der Waals surface area (Å²) in [6.45, 7) is 2.06. The van der Waals surface area contributed by atoms with Gasteiger partial charge in [0.25, 0.3) is 0 Å². The number of benzene rings is 3. The van der Waals surface area contributed by atoms with Crippen LogP contribution >= 0.6 is 11.6 Å². The normalized spacial score (nSPS) is 10.8. The van der Waals surface area contributed by atoms with E-state index in [1.54, 1.807) is 0 Å². The average molecular weight is 346 g/mol. The molecule has 0 radical (unpaired) electrons. The maximum absolute atomic E-state index is 6.20. The summed E-state index contributed by atoms with van der Waals surface area (Å²) in [5, 5.41) is 4.95. The Kier molecular flexibility index (Phi) is 4.08. The average Bonchev–Trinajstić information content (AvgIpc) is 2.64. The van der Waals surface area contributed by atoms with Gasteiger partial charge in [0.1, 0.15) is 0 Å². The third kappa shape index (κ3) is 3.19. The van der Waals surface area contributed by atoms with Crippen LogP contribution in [0.25, 0.3) is 22.2 Å². The molecule has 0 bridgehead atoms. The van der Waals surface area contributed by atoms with E-state index < -0.39 is 0 Å². The molecular weight excluding hydrogens is 330 g/mol. The van der Waals surface area contributed by atoms with Crippen LogP contribution in [0.3, 0.4) is 0 Å². The molecule has 4 heteroatoms. The van der Waals surface area contributed by atoms with Crippen molar-refractivity contribution >= 4 is 34.1 Å². The molecule has 122 valence electrons. The quantitative estimate of drug-likeness (QED) is 0.494. The van der Waals surface area contributed by atoms with E-state index in [0.29, 0.717) is 11.0 Å². The Balaban J connectivity index is 1.89. The number of aromatic nitrogens is 2. The molecule has 3 nitrogen and oxygen atoms in total. The molecule has 25 heavy (non-hydrogen) atoms. The zero-order valence-electron chi connectivity index (χ0n) is 13.7. The van der Waals surface area contributed by atoms with E-state index in [4.69, 9.17) is 16.6 Å². The largest absolute Gasteiger partial charge is 0.324 e. The smallest absolute Gasteiger partial charge is 0.228 e. The summed E-state index contributed by atoms with van der Waals surface area (Å²) in [5.41, 5.74) is 4.89. The highest BCUT2D eigenvalue weighted by Crippen LogP contribution is 2.30. The van der Waals surface area contributed by atoms with Crippen LogP contribution in [0, 0.1) is 6.92 Å². The van der Waals surface area contributed by atoms with Gasteiger partial charge in [-0.1, -0.05) is 60.1 Å². The monoisotopic (exact) mass is 345 g/mol. The molecule has 3 aromatic carbocycles. The summed E-state index contributed by atoms with van der Waals surface area (Å²) in [6, 6.07) is 23.9. The van der Waals surface area contributed by atoms with Crippen LogP contribution in [0.5, 0.6) is 0 Å². The van der Waals surface area contributed by atoms with Crippen LogP contribution in [0.2, 0.25) is 5.02 Å². The first kappa shape index (κ1) is 15.6. The molecule has 4 rings (SSSR count). The number of anilines is 2. The third-order valence-electron chi connectivity index (χ3n) is 4.10. The molecule has 0 saturated carbocycles. The minimum absolute atomic E-state index is 0.572. The van der Waals surface area contributed by atoms with Crippen LogP contribution in [0.15, 0.2) is 72.8 Å². The molecule has 0 saturated heterocycles. The lowest BCUT2D eigenvalue weighted by atomic mass is 10.1. The molecule has 0 unspecified atom stereocenters. The van der Waals surface area contributed by atoms with Gasteiger partial charge >= 0.3 is 0 Å². The van der Waals surface area contributed by atoms with Gasteiger partial charge in [-0.2, -0.15) is 0 Å². The number of hydrogen-bond acceptors (Lipinski definition) is 3. The fourth-order valence-electron chi connectivity index (χ4n) is 2.81. The van der Waals surface area contributed by atoms with Crippen molar-refractivity contribution in [2.75, 3.05) is 5.32 Å². The van der Waals surface area contributed by atoms with E-state index in [-0.39, 0.29) is 0 Å². The van der Waals surface area contributed by atoms with E-state index in [1.165, 1.54) is 0 Å². The number of nitrogens with one attached hydrogen (secondary N) is 1. The van der Waals surface area contributed by atoms with Gasteiger partial charge in [0.15, 0.2) is 0 Å². The van der Waals surface area contributed by atoms with Crippen molar-refractivity contribution in [3.63, 3.8) is 0 Å². The van der Waals surface area contributed by atoms with Crippen LogP contribution in [-0.2, 0) is 0 Å². The molecular formula is C21H16ClN3. The summed E-state index contributed by atoms with van der Waals surface area (Å²) >= 11 is 6.20. The van der Waals surface area contributed by atoms with E-state index in [2.05, 4.69) is 23.3 Å². The number of para-hydroxylation sites is 1. The molecule has 0 aliphatic rings. The minimum atomic E-state index is 0.572. The van der Waals surface area contributed by atoms with Crippen LogP contribution in [-0.4, -0.2) is 9.97 Å². The van der Waals surface area contributed by atoms with Gasteiger partial charge in [-0.3, -0.25) is 0 Å². The topological polar surface area (TPSA) is 37.8 Å². The standard InChI is InChI=1S/C21H16ClN3/c1-14-7-5-6-10-18(14)23-21-24-19-12-11-16(22)13-17(19)20(25-21)15-8-3-2-4-9-15/h2-13H,1H3,(H,23,24,25). The molecule has 0 spiro atoms. The highest BCUT2D eigenvalue weighted by atomic mass is 35.5. The minimum Gasteiger partial charge on any atom is -0.324 e. The lowest BCUT2D eigenvalue weighted by Crippen LogP contribution is -2.01. The Labute approximate surface area is 151 Å². The molecule has 0 aliphatic carbocycles. The zero-order chi connectivity index (χ0) is 17.2. The van der Waals surface area contributed by atoms with E-state index in [0.717, 1.165) is 33.4 Å². The zero-order valence-corrected chi connectivity index (χ0v) is 14.5. The molecule has 0 amide bonds. The van der Waals surface area contributed by atoms with Gasteiger partial charge in [-0.25, -0.2) is 9.97 Å². The number of nitrogens with zero attached hydrogens (tertiary/aromatic N) is 2. The van der Waals surface area contributed by atoms with Crippen molar-refractivity contribution in [1.82, 2.24) is 9.97 Å². The van der Waals surface area contributed by atoms with Crippen molar-refractivity contribution < 1.29 is 0 Å². The second-order valence-electron chi connectivity index (χ2n) is 5.86. The lowest BCUT2D eigenvalue weighted by molar-refractivity contribution is 1.21. The first-order valence-electron chi connectivity index (χ1n) is 8.06. The van der Waals surface area contributed by atoms with Crippen molar-refractivity contribution in [3.05, 3.63) is 83.4 Å². The van der Waals surface area contributed by atoms with Crippen LogP contribution < -0.4 is 5.32 Å². The third-order valence-corrected chi connectivity index (χ3v) is 4.33. The highest BCUT2D eigenvalue weighted by molar-refractivity contribution is 6.31. The Hall–Kier alpha value is -2.91. The molecule has 0 atom stereocenters. The summed E-state index contributed by atoms with van der Waals surface area (Å²) in [5.74, 6) is 0.572. The number of rotatable bonds is 3. The Morgan fingerprint density at radius 1 is 0.840 bits per heavy atom. The predicted molar refractivity (Wildman–Crippen MR) is 104 cm³/mol. The maximum Gasteiger partial charge on any atom is 0.228 e. The highest BCUT2D eigenvalue weighted by Gasteiger charge is 2.11. The predicted octanol–water partition coefficient (Wildman–Crippen LogP) is 6.00. The maximum atomic E-state index is 6.20. The number of fused-ring (bicyclic) bond motifs is 1. The molecule has 1 aromatic heterocycles. The fourth-order valence-corrected chi connectivity index (χ4v) is 2.98. The summed E-state index contributed by atoms with van der Waals surface area (Å²) < 4.78 is 0. The van der Waals surface area contributed by atoms with Gasteiger partial charge in [0, 0.05) is 21.7 Å². The Morgan fingerprint density at radius 3 is 2.40 bits per heavy atom. The fraction of sp³-hybridized carbons (Fsp3) is 0.0476. The molecule has 4 aromatic rings. The van der Waals surface area contributed by atoms with Gasteiger partial charge in [0.05, 0.1) is 11.2 Å². The van der Waals surface area contributed by atoms with E-state index in [9.17, 15) is 0 Å². The van der Waals surface area contributed by atoms with Crippen molar-refractivity contribution in [3.8, 4) is 11.3 Å². The first-order valence-corrected chi connectivity index (χ1v) is 8.44. The van der Waals surface area contributed by atoms with Crippen LogP contribution in [0.4, 0.5) is 11.6 Å². The van der Waals surface area contributed by atoms with E-state index in [1.807, 2.05) is 66.7 Å². The van der Waals surface area contributed by atoms with Gasteiger partial charge in [0.2, 0.25) is 5.95 Å². The Bertz CT molecular complexity index is 1050. The molecule has 0 aliphatic heterocycles. The Morgan fingerprint density at radius 2 is 1.60 bits per heavy atom. The second kappa shape index (κ2) is 6.54. The SMILES string of the molecule is Cc1ccccc1Nc1nc(-c2ccccc2)c2cc(Cl)ccc2n1. The van der Waals surface area contributed by atoms with Crippen molar-refractivity contribution in [2.45, 2.75) is 6.92 Å². The summed E-state index contributed by atoms with van der Waals surface area (Å²) in [6.07, 6.45) is 0. The molecule has 0 fully saturated rings. The second-order valence-corrected chi connectivity index (χ2v) is 6.30. The van der Waals surface area contributed by atoms with Crippen molar-refractivity contribution in [2.24, 2.45) is 0 Å². The van der Waals surface area contributed by atoms with Crippen LogP contribution in [0.1, 0.15) is 5.56 Å². The summed E-state index contributed by atoms with van der Waals surface area (Å²) in [4.78, 5) is 9.43. The number of hydrogen-bond donors (Lipinski definition) is 1. The molecule has 1 N–H and O–H groups in total. The number of halogens is 1. The molecule has 1 heterocycles. The van der Waals surface area contributed by atoms with Gasteiger partial charge < -0.3 is 5.32 Å². The lowest BCUT2D eigenvalue weighted by Gasteiger charge is -2.12. The van der Waals surface area contributed by atoms with Gasteiger partial charge in [-0.15, -0.1) is 0 Å². The van der Waals surface area contributed by atoms with E-state index >= 15 is 0 Å². The van der Waals surface area contributed by atoms with Gasteiger partial charge in [-0.05, 0) is 36.8 Å².